The summed E-state index contributed by atoms with van der Waals surface area (Å²) >= 11 is 5.90. The van der Waals surface area contributed by atoms with Gasteiger partial charge in [0.2, 0.25) is 5.95 Å². The van der Waals surface area contributed by atoms with Crippen molar-refractivity contribution in [3.8, 4) is 0 Å². The standard InChI is InChI=1S/C21H26ClN7O2S/c1-28-9-10-32(31)16-18(27-21(13-30)5-2-6-21)25-20(26-19(16)28)29-7-3-14(4-8-29)17-23-11-15(22)12-24-17/h3,11-12,30H,2,4-10,13H2,1H3,(H,25,26,27). The summed E-state index contributed by atoms with van der Waals surface area (Å²) in [6.07, 6.45) is 8.86. The van der Waals surface area contributed by atoms with Crippen LogP contribution in [0.3, 0.4) is 0 Å². The largest absolute Gasteiger partial charge is 0.394 e. The summed E-state index contributed by atoms with van der Waals surface area (Å²) in [4.78, 5) is 23.0. The van der Waals surface area contributed by atoms with Crippen LogP contribution < -0.4 is 15.1 Å². The quantitative estimate of drug-likeness (QED) is 0.672. The summed E-state index contributed by atoms with van der Waals surface area (Å²) in [7, 11) is 0.789. The van der Waals surface area contributed by atoms with Crippen LogP contribution in [0.2, 0.25) is 5.02 Å². The number of aliphatic hydroxyl groups is 1. The number of aliphatic hydroxyl groups excluding tert-OH is 1. The molecular weight excluding hydrogens is 450 g/mol. The Kier molecular flexibility index (Phi) is 5.77. The van der Waals surface area contributed by atoms with E-state index in [0.29, 0.717) is 58.7 Å². The van der Waals surface area contributed by atoms with Crippen LogP contribution in [0.5, 0.6) is 0 Å². The van der Waals surface area contributed by atoms with Crippen molar-refractivity contribution in [2.75, 3.05) is 54.2 Å². The highest BCUT2D eigenvalue weighted by Gasteiger charge is 2.39. The minimum Gasteiger partial charge on any atom is -0.394 e. The molecule has 2 aliphatic heterocycles. The smallest absolute Gasteiger partial charge is 0.229 e. The average Bonchev–Trinajstić information content (AvgIpc) is 2.79. The Morgan fingerprint density at radius 2 is 2.03 bits per heavy atom. The fourth-order valence-corrected chi connectivity index (χ4v) is 5.72. The fraction of sp³-hybridized carbons (Fsp3) is 0.524. The SMILES string of the molecule is CN1CCS(=O)c2c(NC3(CO)CCC3)nc(N3CC=C(c4ncc(Cl)cn4)CC3)nc21. The molecule has 2 aromatic rings. The molecule has 4 heterocycles. The summed E-state index contributed by atoms with van der Waals surface area (Å²) in [5.74, 6) is 3.11. The van der Waals surface area contributed by atoms with Crippen molar-refractivity contribution < 1.29 is 9.32 Å². The normalized spacial score (nSPS) is 22.1. The molecule has 1 aliphatic carbocycles. The zero-order valence-electron chi connectivity index (χ0n) is 17.9. The molecule has 1 unspecified atom stereocenters. The lowest BCUT2D eigenvalue weighted by molar-refractivity contribution is 0.143. The van der Waals surface area contributed by atoms with E-state index < -0.39 is 10.8 Å². The van der Waals surface area contributed by atoms with Crippen LogP contribution in [-0.4, -0.2) is 73.8 Å². The molecule has 9 nitrogen and oxygen atoms in total. The van der Waals surface area contributed by atoms with E-state index in [2.05, 4.69) is 26.3 Å². The van der Waals surface area contributed by atoms with Gasteiger partial charge in [0, 0.05) is 44.8 Å². The highest BCUT2D eigenvalue weighted by Crippen LogP contribution is 2.39. The highest BCUT2D eigenvalue weighted by atomic mass is 35.5. The van der Waals surface area contributed by atoms with Crippen LogP contribution >= 0.6 is 11.6 Å². The van der Waals surface area contributed by atoms with Gasteiger partial charge in [-0.3, -0.25) is 4.21 Å². The van der Waals surface area contributed by atoms with Gasteiger partial charge in [-0.25, -0.2) is 9.97 Å². The summed E-state index contributed by atoms with van der Waals surface area (Å²) < 4.78 is 12.9. The van der Waals surface area contributed by atoms with Gasteiger partial charge in [-0.2, -0.15) is 9.97 Å². The Hall–Kier alpha value is -2.30. The number of anilines is 3. The first-order chi connectivity index (χ1) is 15.5. The van der Waals surface area contributed by atoms with Gasteiger partial charge < -0.3 is 20.2 Å². The second kappa shape index (κ2) is 8.57. The molecule has 1 atom stereocenters. The highest BCUT2D eigenvalue weighted by molar-refractivity contribution is 7.85. The summed E-state index contributed by atoms with van der Waals surface area (Å²) in [6, 6.07) is 0. The molecule has 0 aromatic carbocycles. The second-order valence-electron chi connectivity index (χ2n) is 8.56. The van der Waals surface area contributed by atoms with Gasteiger partial charge in [-0.1, -0.05) is 17.7 Å². The lowest BCUT2D eigenvalue weighted by atomic mass is 9.77. The molecule has 1 saturated carbocycles. The molecule has 32 heavy (non-hydrogen) atoms. The second-order valence-corrected chi connectivity index (χ2v) is 10.5. The van der Waals surface area contributed by atoms with Crippen molar-refractivity contribution in [1.29, 1.82) is 0 Å². The van der Waals surface area contributed by atoms with Crippen LogP contribution in [0.4, 0.5) is 17.6 Å². The van der Waals surface area contributed by atoms with E-state index in [-0.39, 0.29) is 12.1 Å². The van der Waals surface area contributed by atoms with Crippen molar-refractivity contribution in [2.24, 2.45) is 0 Å². The van der Waals surface area contributed by atoms with Gasteiger partial charge in [-0.15, -0.1) is 0 Å². The topological polar surface area (TPSA) is 107 Å². The number of aromatic nitrogens is 4. The third-order valence-electron chi connectivity index (χ3n) is 6.43. The van der Waals surface area contributed by atoms with Crippen LogP contribution in [0.15, 0.2) is 23.4 Å². The summed E-state index contributed by atoms with van der Waals surface area (Å²) in [6.45, 7) is 2.05. The van der Waals surface area contributed by atoms with Crippen molar-refractivity contribution in [3.05, 3.63) is 29.3 Å². The van der Waals surface area contributed by atoms with E-state index in [0.717, 1.165) is 31.3 Å². The number of rotatable bonds is 5. The van der Waals surface area contributed by atoms with Crippen molar-refractivity contribution in [2.45, 2.75) is 36.1 Å². The lowest BCUT2D eigenvalue weighted by Crippen LogP contribution is -2.49. The van der Waals surface area contributed by atoms with Gasteiger partial charge in [-0.05, 0) is 31.3 Å². The van der Waals surface area contributed by atoms with Crippen molar-refractivity contribution in [3.63, 3.8) is 0 Å². The predicted molar refractivity (Wildman–Crippen MR) is 126 cm³/mol. The predicted octanol–water partition coefficient (Wildman–Crippen LogP) is 2.10. The maximum absolute atomic E-state index is 12.9. The van der Waals surface area contributed by atoms with Crippen molar-refractivity contribution >= 4 is 45.6 Å². The number of halogens is 1. The Morgan fingerprint density at radius 1 is 1.25 bits per heavy atom. The first-order valence-corrected chi connectivity index (χ1v) is 12.5. The van der Waals surface area contributed by atoms with E-state index in [1.54, 1.807) is 12.4 Å². The summed E-state index contributed by atoms with van der Waals surface area (Å²) in [5, 5.41) is 13.9. The Bertz CT molecular complexity index is 1070. The lowest BCUT2D eigenvalue weighted by Gasteiger charge is -2.42. The third-order valence-corrected chi connectivity index (χ3v) is 8.01. The molecule has 5 rings (SSSR count). The molecule has 2 aromatic heterocycles. The van der Waals surface area contributed by atoms with Gasteiger partial charge >= 0.3 is 0 Å². The number of nitrogens with one attached hydrogen (secondary N) is 1. The van der Waals surface area contributed by atoms with E-state index in [1.807, 2.05) is 11.9 Å². The van der Waals surface area contributed by atoms with E-state index in [1.165, 1.54) is 0 Å². The monoisotopic (exact) mass is 475 g/mol. The van der Waals surface area contributed by atoms with E-state index >= 15 is 0 Å². The maximum atomic E-state index is 12.9. The summed E-state index contributed by atoms with van der Waals surface area (Å²) in [5.41, 5.74) is 0.682. The van der Waals surface area contributed by atoms with Crippen molar-refractivity contribution in [1.82, 2.24) is 19.9 Å². The number of nitrogens with zero attached hydrogens (tertiary/aromatic N) is 6. The van der Waals surface area contributed by atoms with E-state index in [4.69, 9.17) is 21.6 Å². The van der Waals surface area contributed by atoms with Crippen LogP contribution in [0, 0.1) is 0 Å². The van der Waals surface area contributed by atoms with Crippen LogP contribution in [-0.2, 0) is 10.8 Å². The molecule has 1 fully saturated rings. The number of hydrogen-bond donors (Lipinski definition) is 2. The number of hydrogen-bond acceptors (Lipinski definition) is 9. The molecule has 0 radical (unpaired) electrons. The number of fused-ring (bicyclic) bond motifs is 1. The minimum absolute atomic E-state index is 0.0283. The van der Waals surface area contributed by atoms with Gasteiger partial charge in [0.1, 0.15) is 4.90 Å². The van der Waals surface area contributed by atoms with Crippen LogP contribution in [0.25, 0.3) is 5.57 Å². The molecule has 0 saturated heterocycles. The molecule has 0 spiro atoms. The Labute approximate surface area is 194 Å². The van der Waals surface area contributed by atoms with E-state index in [9.17, 15) is 9.32 Å². The molecule has 3 aliphatic rings. The molecule has 0 amide bonds. The molecule has 11 heteroatoms. The first kappa shape index (κ1) is 21.5. The molecular formula is C21H26ClN7O2S. The molecule has 170 valence electrons. The van der Waals surface area contributed by atoms with Crippen LogP contribution in [0.1, 0.15) is 31.5 Å². The molecule has 2 N–H and O–H groups in total. The van der Waals surface area contributed by atoms with Gasteiger partial charge in [0.15, 0.2) is 17.5 Å². The maximum Gasteiger partial charge on any atom is 0.229 e. The Morgan fingerprint density at radius 3 is 2.66 bits per heavy atom. The molecule has 0 bridgehead atoms. The van der Waals surface area contributed by atoms with Gasteiger partial charge in [0.25, 0.3) is 0 Å². The Balaban J connectivity index is 1.47. The fourth-order valence-electron chi connectivity index (χ4n) is 4.26. The van der Waals surface area contributed by atoms with Gasteiger partial charge in [0.05, 0.1) is 28.0 Å². The first-order valence-electron chi connectivity index (χ1n) is 10.8. The zero-order chi connectivity index (χ0) is 22.3. The zero-order valence-corrected chi connectivity index (χ0v) is 19.5. The third kappa shape index (κ3) is 3.95. The minimum atomic E-state index is -1.18. The average molecular weight is 476 g/mol.